The van der Waals surface area contributed by atoms with Crippen LogP contribution in [0.3, 0.4) is 0 Å². The van der Waals surface area contributed by atoms with E-state index in [2.05, 4.69) is 59.1 Å². The summed E-state index contributed by atoms with van der Waals surface area (Å²) in [5.74, 6) is -0.125. The maximum absolute atomic E-state index is 14.2. The Morgan fingerprint density at radius 1 is 1.14 bits per heavy atom. The summed E-state index contributed by atoms with van der Waals surface area (Å²) in [6, 6.07) is 13.8. The normalized spacial score (nSPS) is 12.4. The maximum atomic E-state index is 14.2. The molecular weight excluding hydrogens is 376 g/mol. The molecule has 112 valence electrons. The standard InChI is InChI=1S/C18H21FIN/c1-3-10-21-18(12-14-5-7-15(20)8-6-14)16-11-13(2)4-9-17(16)19/h4-9,11,18,21H,3,10,12H2,1-2H3. The molecule has 1 unspecified atom stereocenters. The lowest BCUT2D eigenvalue weighted by atomic mass is 9.97. The molecule has 0 spiro atoms. The van der Waals surface area contributed by atoms with Crippen molar-refractivity contribution in [1.29, 1.82) is 0 Å². The molecule has 1 nitrogen and oxygen atoms in total. The van der Waals surface area contributed by atoms with Crippen LogP contribution in [0.4, 0.5) is 4.39 Å². The number of rotatable bonds is 6. The third-order valence-electron chi connectivity index (χ3n) is 3.52. The average Bonchev–Trinajstić information content (AvgIpc) is 2.48. The Hall–Kier alpha value is -0.940. The van der Waals surface area contributed by atoms with Crippen molar-refractivity contribution >= 4 is 22.6 Å². The highest BCUT2D eigenvalue weighted by molar-refractivity contribution is 14.1. The Bertz CT molecular complexity index is 580. The minimum atomic E-state index is -0.125. The molecule has 0 heterocycles. The van der Waals surface area contributed by atoms with Crippen molar-refractivity contribution in [2.75, 3.05) is 6.54 Å². The predicted octanol–water partition coefficient (Wildman–Crippen LogP) is 5.02. The Labute approximate surface area is 140 Å². The fourth-order valence-corrected chi connectivity index (χ4v) is 2.76. The van der Waals surface area contributed by atoms with Gasteiger partial charge < -0.3 is 5.32 Å². The first-order chi connectivity index (χ1) is 10.1. The van der Waals surface area contributed by atoms with Crippen molar-refractivity contribution in [3.8, 4) is 0 Å². The molecule has 1 atom stereocenters. The van der Waals surface area contributed by atoms with E-state index in [1.54, 1.807) is 6.07 Å². The molecule has 0 saturated carbocycles. The van der Waals surface area contributed by atoms with Crippen molar-refractivity contribution in [1.82, 2.24) is 5.32 Å². The average molecular weight is 397 g/mol. The number of halogens is 2. The summed E-state index contributed by atoms with van der Waals surface area (Å²) in [5, 5.41) is 3.47. The van der Waals surface area contributed by atoms with Gasteiger partial charge in [-0.2, -0.15) is 0 Å². The topological polar surface area (TPSA) is 12.0 Å². The smallest absolute Gasteiger partial charge is 0.128 e. The second-order valence-electron chi connectivity index (χ2n) is 5.36. The van der Waals surface area contributed by atoms with E-state index < -0.39 is 0 Å². The van der Waals surface area contributed by atoms with Gasteiger partial charge in [-0.3, -0.25) is 0 Å². The summed E-state index contributed by atoms with van der Waals surface area (Å²) in [6.07, 6.45) is 1.84. The number of hydrogen-bond donors (Lipinski definition) is 1. The van der Waals surface area contributed by atoms with Gasteiger partial charge >= 0.3 is 0 Å². The van der Waals surface area contributed by atoms with Crippen molar-refractivity contribution in [2.24, 2.45) is 0 Å². The Morgan fingerprint density at radius 2 is 1.86 bits per heavy atom. The van der Waals surface area contributed by atoms with Crippen molar-refractivity contribution in [3.63, 3.8) is 0 Å². The monoisotopic (exact) mass is 397 g/mol. The summed E-state index contributed by atoms with van der Waals surface area (Å²) in [7, 11) is 0. The van der Waals surface area contributed by atoms with Gasteiger partial charge in [-0.05, 0) is 72.7 Å². The van der Waals surface area contributed by atoms with Crippen LogP contribution in [-0.4, -0.2) is 6.54 Å². The van der Waals surface area contributed by atoms with Crippen LogP contribution in [0, 0.1) is 16.3 Å². The largest absolute Gasteiger partial charge is 0.310 e. The highest BCUT2D eigenvalue weighted by Gasteiger charge is 2.16. The minimum absolute atomic E-state index is 0.0184. The molecule has 0 aliphatic heterocycles. The zero-order valence-electron chi connectivity index (χ0n) is 12.5. The van der Waals surface area contributed by atoms with E-state index in [9.17, 15) is 4.39 Å². The van der Waals surface area contributed by atoms with Crippen LogP contribution < -0.4 is 5.32 Å². The molecule has 0 amide bonds. The quantitative estimate of drug-likeness (QED) is 0.675. The lowest BCUT2D eigenvalue weighted by Crippen LogP contribution is -2.25. The Balaban J connectivity index is 2.25. The molecular formula is C18H21FIN. The van der Waals surface area contributed by atoms with Gasteiger partial charge in [0.25, 0.3) is 0 Å². The fourth-order valence-electron chi connectivity index (χ4n) is 2.40. The number of hydrogen-bond acceptors (Lipinski definition) is 1. The third-order valence-corrected chi connectivity index (χ3v) is 4.24. The first-order valence-corrected chi connectivity index (χ1v) is 8.42. The van der Waals surface area contributed by atoms with Crippen LogP contribution in [0.5, 0.6) is 0 Å². The van der Waals surface area contributed by atoms with Crippen LogP contribution in [0.25, 0.3) is 0 Å². The van der Waals surface area contributed by atoms with E-state index in [-0.39, 0.29) is 11.9 Å². The van der Waals surface area contributed by atoms with E-state index in [1.807, 2.05) is 19.1 Å². The molecule has 3 heteroatoms. The summed E-state index contributed by atoms with van der Waals surface area (Å²) in [4.78, 5) is 0. The van der Waals surface area contributed by atoms with Crippen LogP contribution in [-0.2, 0) is 6.42 Å². The van der Waals surface area contributed by atoms with Gasteiger partial charge in [0.15, 0.2) is 0 Å². The molecule has 0 fully saturated rings. The first-order valence-electron chi connectivity index (χ1n) is 7.34. The number of nitrogens with one attached hydrogen (secondary N) is 1. The van der Waals surface area contributed by atoms with Gasteiger partial charge in [0.05, 0.1) is 0 Å². The van der Waals surface area contributed by atoms with Crippen LogP contribution in [0.15, 0.2) is 42.5 Å². The summed E-state index contributed by atoms with van der Waals surface area (Å²) in [5.41, 5.74) is 3.09. The van der Waals surface area contributed by atoms with Crippen molar-refractivity contribution in [2.45, 2.75) is 32.7 Å². The zero-order valence-corrected chi connectivity index (χ0v) is 14.7. The summed E-state index contributed by atoms with van der Waals surface area (Å²) < 4.78 is 15.4. The summed E-state index contributed by atoms with van der Waals surface area (Å²) in [6.45, 7) is 5.02. The van der Waals surface area contributed by atoms with Gasteiger partial charge in [-0.25, -0.2) is 4.39 Å². The minimum Gasteiger partial charge on any atom is -0.310 e. The van der Waals surface area contributed by atoms with Crippen molar-refractivity contribution in [3.05, 3.63) is 68.5 Å². The molecule has 0 aliphatic carbocycles. The molecule has 0 radical (unpaired) electrons. The van der Waals surface area contributed by atoms with Crippen molar-refractivity contribution < 1.29 is 4.39 Å². The van der Waals surface area contributed by atoms with Gasteiger partial charge in [0.1, 0.15) is 5.82 Å². The number of benzene rings is 2. The molecule has 2 rings (SSSR count). The molecule has 0 aliphatic rings. The molecule has 21 heavy (non-hydrogen) atoms. The molecule has 0 aromatic heterocycles. The molecule has 2 aromatic carbocycles. The lowest BCUT2D eigenvalue weighted by molar-refractivity contribution is 0.496. The van der Waals surface area contributed by atoms with Crippen LogP contribution >= 0.6 is 22.6 Å². The van der Waals surface area contributed by atoms with Crippen LogP contribution in [0.1, 0.15) is 36.1 Å². The maximum Gasteiger partial charge on any atom is 0.128 e. The van der Waals surface area contributed by atoms with Gasteiger partial charge in [-0.1, -0.05) is 36.8 Å². The van der Waals surface area contributed by atoms with E-state index in [0.717, 1.165) is 30.5 Å². The SMILES string of the molecule is CCCNC(Cc1ccc(I)cc1)c1cc(C)ccc1F. The lowest BCUT2D eigenvalue weighted by Gasteiger charge is -2.20. The van der Waals surface area contributed by atoms with E-state index >= 15 is 0 Å². The van der Waals surface area contributed by atoms with E-state index in [4.69, 9.17) is 0 Å². The van der Waals surface area contributed by atoms with Crippen LogP contribution in [0.2, 0.25) is 0 Å². The second kappa shape index (κ2) is 7.90. The van der Waals surface area contributed by atoms with Gasteiger partial charge in [-0.15, -0.1) is 0 Å². The molecule has 0 saturated heterocycles. The Kier molecular flexibility index (Phi) is 6.18. The Morgan fingerprint density at radius 3 is 2.52 bits per heavy atom. The number of aryl methyl sites for hydroxylation is 1. The third kappa shape index (κ3) is 4.78. The predicted molar refractivity (Wildman–Crippen MR) is 95.0 cm³/mol. The first kappa shape index (κ1) is 16.4. The highest BCUT2D eigenvalue weighted by Crippen LogP contribution is 2.23. The van der Waals surface area contributed by atoms with E-state index in [1.165, 1.54) is 9.13 Å². The fraction of sp³-hybridized carbons (Fsp3) is 0.333. The molecule has 1 N–H and O–H groups in total. The molecule has 2 aromatic rings. The highest BCUT2D eigenvalue weighted by atomic mass is 127. The van der Waals surface area contributed by atoms with E-state index in [0.29, 0.717) is 0 Å². The second-order valence-corrected chi connectivity index (χ2v) is 6.61. The zero-order chi connectivity index (χ0) is 15.2. The summed E-state index contributed by atoms with van der Waals surface area (Å²) >= 11 is 2.30. The van der Waals surface area contributed by atoms with Gasteiger partial charge in [0, 0.05) is 15.2 Å². The molecule has 0 bridgehead atoms. The van der Waals surface area contributed by atoms with Gasteiger partial charge in [0.2, 0.25) is 0 Å².